The van der Waals surface area contributed by atoms with E-state index in [-0.39, 0.29) is 11.8 Å². The third-order valence-electron chi connectivity index (χ3n) is 3.08. The van der Waals surface area contributed by atoms with E-state index in [9.17, 15) is 9.59 Å². The van der Waals surface area contributed by atoms with Crippen molar-refractivity contribution in [3.8, 4) is 0 Å². The Labute approximate surface area is 111 Å². The van der Waals surface area contributed by atoms with Crippen LogP contribution in [-0.4, -0.2) is 36.3 Å². The lowest BCUT2D eigenvalue weighted by Gasteiger charge is -2.12. The zero-order valence-electron chi connectivity index (χ0n) is 10.1. The molecule has 1 fully saturated rings. The maximum Gasteiger partial charge on any atom is 0.251 e. The summed E-state index contributed by atoms with van der Waals surface area (Å²) in [5.74, 6) is 0.110. The minimum Gasteiger partial charge on any atom is -0.344 e. The number of hydrogen-bond donors (Lipinski definition) is 1. The lowest BCUT2D eigenvalue weighted by atomic mass is 10.1. The second-order valence-electron chi connectivity index (χ2n) is 4.41. The van der Waals surface area contributed by atoms with Crippen LogP contribution in [0.3, 0.4) is 0 Å². The molecule has 1 heterocycles. The highest BCUT2D eigenvalue weighted by Gasteiger charge is 2.30. The average Bonchev–Trinajstić information content (AvgIpc) is 2.71. The number of nitrogens with zero attached hydrogens (tertiary/aromatic N) is 1. The summed E-state index contributed by atoms with van der Waals surface area (Å²) >= 11 is 5.72. The number of hydrogen-bond acceptors (Lipinski definition) is 2. The molecule has 1 aromatic carbocycles. The Balaban J connectivity index is 2.05. The number of carbonyl (C=O) groups excluding carboxylic acids is 2. The number of likely N-dealkylation sites (N-methyl/N-ethyl adjacent to an activating group) is 1. The summed E-state index contributed by atoms with van der Waals surface area (Å²) in [4.78, 5) is 25.3. The van der Waals surface area contributed by atoms with Crippen molar-refractivity contribution in [2.24, 2.45) is 0 Å². The molecule has 0 radical (unpaired) electrons. The largest absolute Gasteiger partial charge is 0.344 e. The molecule has 0 bridgehead atoms. The van der Waals surface area contributed by atoms with Crippen LogP contribution in [0.15, 0.2) is 24.3 Å². The summed E-state index contributed by atoms with van der Waals surface area (Å²) in [6.07, 6.45) is 0.663. The van der Waals surface area contributed by atoms with Crippen molar-refractivity contribution in [2.75, 3.05) is 13.6 Å². The Morgan fingerprint density at radius 1 is 1.56 bits per heavy atom. The van der Waals surface area contributed by atoms with Gasteiger partial charge in [0.25, 0.3) is 5.91 Å². The Kier molecular flexibility index (Phi) is 3.87. The van der Waals surface area contributed by atoms with Crippen LogP contribution in [0, 0.1) is 0 Å². The lowest BCUT2D eigenvalue weighted by molar-refractivity contribution is -0.128. The normalized spacial score (nSPS) is 19.1. The summed E-state index contributed by atoms with van der Waals surface area (Å²) in [5, 5.41) is 2.75. The minimum atomic E-state index is -0.401. The molecule has 0 aliphatic carbocycles. The second-order valence-corrected chi connectivity index (χ2v) is 4.68. The zero-order chi connectivity index (χ0) is 13.1. The smallest absolute Gasteiger partial charge is 0.251 e. The summed E-state index contributed by atoms with van der Waals surface area (Å²) < 4.78 is 0. The third-order valence-corrected chi connectivity index (χ3v) is 3.38. The fraction of sp³-hybridized carbons (Fsp3) is 0.385. The Bertz CT molecular complexity index is 476. The molecule has 0 aromatic heterocycles. The molecular weight excluding hydrogens is 252 g/mol. The fourth-order valence-corrected chi connectivity index (χ4v) is 2.16. The Morgan fingerprint density at radius 2 is 2.33 bits per heavy atom. The Hall–Kier alpha value is -1.55. The summed E-state index contributed by atoms with van der Waals surface area (Å²) in [7, 11) is 1.74. The van der Waals surface area contributed by atoms with Gasteiger partial charge in [-0.25, -0.2) is 0 Å². The summed E-state index contributed by atoms with van der Waals surface area (Å²) in [6, 6.07) is 6.70. The number of likely N-dealkylation sites (tertiary alicyclic amines) is 1. The van der Waals surface area contributed by atoms with Gasteiger partial charge < -0.3 is 10.2 Å². The molecule has 5 heteroatoms. The van der Waals surface area contributed by atoms with Crippen LogP contribution in [0.5, 0.6) is 0 Å². The second kappa shape index (κ2) is 5.40. The van der Waals surface area contributed by atoms with Crippen LogP contribution < -0.4 is 5.32 Å². The van der Waals surface area contributed by atoms with Crippen molar-refractivity contribution in [3.63, 3.8) is 0 Å². The zero-order valence-corrected chi connectivity index (χ0v) is 10.9. The monoisotopic (exact) mass is 266 g/mol. The Morgan fingerprint density at radius 3 is 2.94 bits per heavy atom. The number of amides is 2. The molecule has 4 nitrogen and oxygen atoms in total. The van der Waals surface area contributed by atoms with Gasteiger partial charge in [-0.05, 0) is 24.1 Å². The van der Waals surface area contributed by atoms with E-state index in [1.54, 1.807) is 30.1 Å². The van der Waals surface area contributed by atoms with E-state index in [1.165, 1.54) is 0 Å². The van der Waals surface area contributed by atoms with Crippen molar-refractivity contribution in [1.29, 1.82) is 0 Å². The highest BCUT2D eigenvalue weighted by atomic mass is 35.5. The maximum absolute atomic E-state index is 12.0. The first-order valence-electron chi connectivity index (χ1n) is 5.82. The topological polar surface area (TPSA) is 49.4 Å². The fourth-order valence-electron chi connectivity index (χ4n) is 1.99. The number of rotatable bonds is 3. The van der Waals surface area contributed by atoms with E-state index < -0.39 is 6.04 Å². The van der Waals surface area contributed by atoms with Gasteiger partial charge in [-0.2, -0.15) is 0 Å². The molecule has 1 aliphatic rings. The molecule has 0 spiro atoms. The van der Waals surface area contributed by atoms with E-state index in [2.05, 4.69) is 5.32 Å². The van der Waals surface area contributed by atoms with Crippen molar-refractivity contribution in [3.05, 3.63) is 35.4 Å². The molecule has 2 amide bonds. The van der Waals surface area contributed by atoms with E-state index in [4.69, 9.17) is 11.6 Å². The van der Waals surface area contributed by atoms with Crippen molar-refractivity contribution < 1.29 is 9.59 Å². The van der Waals surface area contributed by atoms with Crippen molar-refractivity contribution >= 4 is 23.4 Å². The summed E-state index contributed by atoms with van der Waals surface area (Å²) in [6.45, 7) is 0.686. The van der Waals surface area contributed by atoms with E-state index in [1.807, 2.05) is 6.07 Å². The number of benzene rings is 1. The molecule has 18 heavy (non-hydrogen) atoms. The number of halogens is 1. The highest BCUT2D eigenvalue weighted by Crippen LogP contribution is 2.11. The molecule has 1 aromatic rings. The molecule has 1 saturated heterocycles. The van der Waals surface area contributed by atoms with Gasteiger partial charge in [0, 0.05) is 25.0 Å². The van der Waals surface area contributed by atoms with Gasteiger partial charge in [-0.3, -0.25) is 9.59 Å². The molecule has 1 N–H and O–H groups in total. The van der Waals surface area contributed by atoms with E-state index in [0.29, 0.717) is 24.4 Å². The number of nitrogens with one attached hydrogen (secondary N) is 1. The van der Waals surface area contributed by atoms with Crippen LogP contribution in [0.25, 0.3) is 0 Å². The lowest BCUT2D eigenvalue weighted by Crippen LogP contribution is -2.40. The van der Waals surface area contributed by atoms with Gasteiger partial charge in [0.1, 0.15) is 6.04 Å². The molecular formula is C13H15ClN2O2. The first kappa shape index (κ1) is 12.9. The van der Waals surface area contributed by atoms with Gasteiger partial charge in [0.2, 0.25) is 5.91 Å². The van der Waals surface area contributed by atoms with Crippen LogP contribution in [0.2, 0.25) is 0 Å². The SMILES string of the molecule is CN1CCC(NC(=O)c2cccc(CCl)c2)C1=O. The van der Waals surface area contributed by atoms with Gasteiger partial charge in [-0.1, -0.05) is 12.1 Å². The predicted octanol–water partition coefficient (Wildman–Crippen LogP) is 1.39. The first-order chi connectivity index (χ1) is 8.61. The predicted molar refractivity (Wildman–Crippen MR) is 69.5 cm³/mol. The van der Waals surface area contributed by atoms with Crippen molar-refractivity contribution in [2.45, 2.75) is 18.3 Å². The minimum absolute atomic E-state index is 0.0307. The number of alkyl halides is 1. The molecule has 0 saturated carbocycles. The van der Waals surface area contributed by atoms with Gasteiger partial charge in [0.05, 0.1) is 0 Å². The third kappa shape index (κ3) is 2.64. The number of carbonyl (C=O) groups is 2. The molecule has 96 valence electrons. The molecule has 1 aliphatic heterocycles. The first-order valence-corrected chi connectivity index (χ1v) is 6.36. The molecule has 1 atom stereocenters. The molecule has 1 unspecified atom stereocenters. The average molecular weight is 267 g/mol. The quantitative estimate of drug-likeness (QED) is 0.841. The van der Waals surface area contributed by atoms with Crippen LogP contribution in [0.1, 0.15) is 22.3 Å². The van der Waals surface area contributed by atoms with Crippen LogP contribution >= 0.6 is 11.6 Å². The van der Waals surface area contributed by atoms with Crippen LogP contribution in [-0.2, 0) is 10.7 Å². The van der Waals surface area contributed by atoms with Crippen LogP contribution in [0.4, 0.5) is 0 Å². The highest BCUT2D eigenvalue weighted by molar-refractivity contribution is 6.17. The van der Waals surface area contributed by atoms with E-state index >= 15 is 0 Å². The standard InChI is InChI=1S/C13H15ClN2O2/c1-16-6-5-11(13(16)18)15-12(17)10-4-2-3-9(7-10)8-14/h2-4,7,11H,5-6,8H2,1H3,(H,15,17). The molecule has 2 rings (SSSR count). The van der Waals surface area contributed by atoms with E-state index in [0.717, 1.165) is 5.56 Å². The van der Waals surface area contributed by atoms with Crippen molar-refractivity contribution in [1.82, 2.24) is 10.2 Å². The van der Waals surface area contributed by atoms with Gasteiger partial charge in [0.15, 0.2) is 0 Å². The van der Waals surface area contributed by atoms with Gasteiger partial charge in [-0.15, -0.1) is 11.6 Å². The summed E-state index contributed by atoms with van der Waals surface area (Å²) in [5.41, 5.74) is 1.43. The van der Waals surface area contributed by atoms with Gasteiger partial charge >= 0.3 is 0 Å². The maximum atomic E-state index is 12.0.